The van der Waals surface area contributed by atoms with Crippen molar-refractivity contribution < 1.29 is 38.9 Å². The van der Waals surface area contributed by atoms with Crippen molar-refractivity contribution >= 4 is 17.7 Å². The van der Waals surface area contributed by atoms with E-state index in [9.17, 15) is 29.7 Å². The highest BCUT2D eigenvalue weighted by atomic mass is 16.5. The van der Waals surface area contributed by atoms with Gasteiger partial charge in [-0.1, -0.05) is 27.7 Å². The molecule has 2 heterocycles. The number of fused-ring (bicyclic) bond motifs is 6. The van der Waals surface area contributed by atoms with Crippen LogP contribution < -0.4 is 0 Å². The van der Waals surface area contributed by atoms with Crippen molar-refractivity contribution in [1.29, 1.82) is 0 Å². The number of carbonyl (C=O) groups is 3. The van der Waals surface area contributed by atoms with Crippen LogP contribution in [0.15, 0.2) is 46.0 Å². The molecule has 2 bridgehead atoms. The molecule has 0 saturated heterocycles. The molecule has 34 heavy (non-hydrogen) atoms. The molecule has 2 fully saturated rings. The van der Waals surface area contributed by atoms with E-state index in [1.807, 2.05) is 6.92 Å². The normalized spacial score (nSPS) is 40.7. The van der Waals surface area contributed by atoms with Gasteiger partial charge in [-0.3, -0.25) is 9.59 Å². The van der Waals surface area contributed by atoms with Crippen LogP contribution in [-0.4, -0.2) is 38.6 Å². The summed E-state index contributed by atoms with van der Waals surface area (Å²) in [4.78, 5) is 38.3. The lowest BCUT2D eigenvalue weighted by Gasteiger charge is -2.64. The van der Waals surface area contributed by atoms with Gasteiger partial charge in [0.05, 0.1) is 24.5 Å². The van der Waals surface area contributed by atoms with Crippen molar-refractivity contribution in [3.05, 3.63) is 47.1 Å². The Balaban J connectivity index is 1.72. The van der Waals surface area contributed by atoms with Crippen LogP contribution in [0.3, 0.4) is 0 Å². The second-order valence-electron chi connectivity index (χ2n) is 11.4. The zero-order chi connectivity index (χ0) is 24.8. The maximum absolute atomic E-state index is 13.7. The number of carboxylic acid groups (broad SMARTS) is 1. The molecule has 1 aromatic heterocycles. The van der Waals surface area contributed by atoms with Crippen molar-refractivity contribution in [1.82, 2.24) is 0 Å². The lowest BCUT2D eigenvalue weighted by atomic mass is 9.40. The number of hydrogen-bond acceptors (Lipinski definition) is 7. The molecule has 3 aliphatic carbocycles. The topological polar surface area (TPSA) is 134 Å². The Bertz CT molecular complexity index is 1160. The first-order valence-electron chi connectivity index (χ1n) is 11.6. The summed E-state index contributed by atoms with van der Waals surface area (Å²) < 4.78 is 10.9. The Kier molecular flexibility index (Phi) is 4.61. The maximum Gasteiger partial charge on any atom is 0.331 e. The molecule has 0 radical (unpaired) electrons. The van der Waals surface area contributed by atoms with E-state index in [1.54, 1.807) is 26.8 Å². The Morgan fingerprint density at radius 3 is 2.53 bits per heavy atom. The average Bonchev–Trinajstić information content (AvgIpc) is 3.28. The van der Waals surface area contributed by atoms with Gasteiger partial charge in [0, 0.05) is 45.8 Å². The molecular weight excluding hydrogens is 440 g/mol. The number of cyclic esters (lactones) is 1. The number of Topliss-reactive ketones (excluding diaryl/α,β-unsaturated/α-hetero) is 1. The first-order valence-corrected chi connectivity index (χ1v) is 11.6. The number of esters is 1. The summed E-state index contributed by atoms with van der Waals surface area (Å²) in [5.41, 5.74) is -3.31. The lowest BCUT2D eigenvalue weighted by Crippen LogP contribution is -2.67. The molecule has 6 atom stereocenters. The largest absolute Gasteiger partial charge is 0.511 e. The van der Waals surface area contributed by atoms with E-state index in [-0.39, 0.29) is 30.0 Å². The number of carbonyl (C=O) groups excluding carboxylic acids is 2. The van der Waals surface area contributed by atoms with E-state index in [0.717, 1.165) is 0 Å². The number of ether oxygens (including phenoxy) is 1. The van der Waals surface area contributed by atoms with E-state index >= 15 is 0 Å². The molecule has 0 unspecified atom stereocenters. The van der Waals surface area contributed by atoms with Crippen molar-refractivity contribution in [3.8, 4) is 0 Å². The summed E-state index contributed by atoms with van der Waals surface area (Å²) in [5.74, 6) is -3.51. The van der Waals surface area contributed by atoms with E-state index in [0.29, 0.717) is 24.0 Å². The molecule has 2 saturated carbocycles. The van der Waals surface area contributed by atoms with E-state index < -0.39 is 51.7 Å². The second-order valence-corrected chi connectivity index (χ2v) is 11.4. The third kappa shape index (κ3) is 2.66. The number of hydrogen-bond donors (Lipinski definition) is 3. The van der Waals surface area contributed by atoms with Crippen LogP contribution in [-0.2, 0) is 19.1 Å². The van der Waals surface area contributed by atoms with Gasteiger partial charge in [0.25, 0.3) is 0 Å². The number of carboxylic acids is 1. The summed E-state index contributed by atoms with van der Waals surface area (Å²) in [6.45, 7) is 7.16. The van der Waals surface area contributed by atoms with E-state index in [4.69, 9.17) is 9.15 Å². The standard InChI is InChI=1S/C26H30O8/c1-23(2)16(9-18(27)28)25(4)15-5-7-24(3)17(26(15,32)11-14(20(23)30)21(25)31)10-19(29)34-22(24)13-6-8-33-12-13/h6,8,10,12,15-16,22,30,32H,5,7,9,11H2,1-4H3,(H,27,28)/t15-,16+,22+,24-,25+,26+/m1/s1. The molecule has 5 rings (SSSR count). The highest BCUT2D eigenvalue weighted by Crippen LogP contribution is 2.69. The van der Waals surface area contributed by atoms with Gasteiger partial charge in [-0.2, -0.15) is 0 Å². The Hall–Kier alpha value is -2.87. The number of furan rings is 1. The fraction of sp³-hybridized carbons (Fsp3) is 0.577. The number of rotatable bonds is 3. The highest BCUT2D eigenvalue weighted by molar-refractivity contribution is 6.04. The van der Waals surface area contributed by atoms with Crippen LogP contribution in [0, 0.1) is 28.1 Å². The summed E-state index contributed by atoms with van der Waals surface area (Å²) in [6.07, 6.45) is 4.15. The van der Waals surface area contributed by atoms with Crippen molar-refractivity contribution in [3.63, 3.8) is 0 Å². The van der Waals surface area contributed by atoms with Crippen molar-refractivity contribution in [2.75, 3.05) is 0 Å². The number of aliphatic hydroxyl groups is 2. The van der Waals surface area contributed by atoms with Crippen LogP contribution >= 0.6 is 0 Å². The van der Waals surface area contributed by atoms with Gasteiger partial charge < -0.3 is 24.5 Å². The predicted molar refractivity (Wildman–Crippen MR) is 118 cm³/mol. The minimum atomic E-state index is -1.62. The van der Waals surface area contributed by atoms with Gasteiger partial charge in [-0.05, 0) is 30.4 Å². The minimum absolute atomic E-state index is 0.122. The third-order valence-electron chi connectivity index (χ3n) is 9.33. The summed E-state index contributed by atoms with van der Waals surface area (Å²) in [7, 11) is 0. The highest BCUT2D eigenvalue weighted by Gasteiger charge is 2.71. The van der Waals surface area contributed by atoms with Crippen LogP contribution in [0.25, 0.3) is 0 Å². The predicted octanol–water partition coefficient (Wildman–Crippen LogP) is 3.87. The Morgan fingerprint density at radius 1 is 1.21 bits per heavy atom. The first-order chi connectivity index (χ1) is 15.8. The number of allylic oxidation sites excluding steroid dienone is 1. The zero-order valence-electron chi connectivity index (χ0n) is 19.8. The molecule has 0 spiro atoms. The Labute approximate surface area is 197 Å². The molecule has 1 aliphatic heterocycles. The lowest BCUT2D eigenvalue weighted by molar-refractivity contribution is -0.185. The van der Waals surface area contributed by atoms with Gasteiger partial charge in [-0.25, -0.2) is 4.79 Å². The second kappa shape index (κ2) is 6.84. The number of ketones is 1. The smallest absolute Gasteiger partial charge is 0.331 e. The fourth-order valence-electron chi connectivity index (χ4n) is 7.71. The first kappa shape index (κ1) is 22.9. The van der Waals surface area contributed by atoms with E-state index in [1.165, 1.54) is 18.6 Å². The van der Waals surface area contributed by atoms with Crippen LogP contribution in [0.5, 0.6) is 0 Å². The molecule has 4 aliphatic rings. The van der Waals surface area contributed by atoms with Crippen molar-refractivity contribution in [2.24, 2.45) is 28.1 Å². The fourth-order valence-corrected chi connectivity index (χ4v) is 7.71. The SMILES string of the molecule is CC1(C)C(O)=C2C[C@@]3(O)C4=CC(=O)O[C@@H](c5ccoc5)[C@]4(C)CC[C@@H]3[C@](C)(C2=O)[C@H]1CC(=O)O. The van der Waals surface area contributed by atoms with Crippen LogP contribution in [0.4, 0.5) is 0 Å². The quantitative estimate of drug-likeness (QED) is 0.567. The average molecular weight is 471 g/mol. The maximum atomic E-state index is 13.7. The van der Waals surface area contributed by atoms with E-state index in [2.05, 4.69) is 0 Å². The molecule has 0 amide bonds. The number of aliphatic hydroxyl groups excluding tert-OH is 1. The summed E-state index contributed by atoms with van der Waals surface area (Å²) in [6, 6.07) is 1.72. The molecule has 8 nitrogen and oxygen atoms in total. The number of aliphatic carboxylic acids is 1. The molecule has 1 aromatic rings. The van der Waals surface area contributed by atoms with Crippen LogP contribution in [0.1, 0.15) is 65.0 Å². The minimum Gasteiger partial charge on any atom is -0.511 e. The summed E-state index contributed by atoms with van der Waals surface area (Å²) >= 11 is 0. The van der Waals surface area contributed by atoms with Crippen LogP contribution in [0.2, 0.25) is 0 Å². The van der Waals surface area contributed by atoms with Gasteiger partial charge in [0.2, 0.25) is 0 Å². The van der Waals surface area contributed by atoms with Gasteiger partial charge in [-0.15, -0.1) is 0 Å². The monoisotopic (exact) mass is 470 g/mol. The molecular formula is C26H30O8. The van der Waals surface area contributed by atoms with Crippen molar-refractivity contribution in [2.45, 2.75) is 65.1 Å². The van der Waals surface area contributed by atoms with Gasteiger partial charge in [0.15, 0.2) is 5.78 Å². The molecule has 182 valence electrons. The molecule has 3 N–H and O–H groups in total. The van der Waals surface area contributed by atoms with Gasteiger partial charge >= 0.3 is 11.9 Å². The zero-order valence-corrected chi connectivity index (χ0v) is 19.8. The third-order valence-corrected chi connectivity index (χ3v) is 9.33. The van der Waals surface area contributed by atoms with Gasteiger partial charge in [0.1, 0.15) is 11.9 Å². The Morgan fingerprint density at radius 2 is 1.91 bits per heavy atom. The molecule has 8 heteroatoms. The summed E-state index contributed by atoms with van der Waals surface area (Å²) in [5, 5.41) is 33.2. The molecule has 0 aromatic carbocycles.